The van der Waals surface area contributed by atoms with Crippen LogP contribution in [0.25, 0.3) is 0 Å². The van der Waals surface area contributed by atoms with Gasteiger partial charge in [-0.1, -0.05) is 36.2 Å². The van der Waals surface area contributed by atoms with Crippen LogP contribution in [-0.4, -0.2) is 6.54 Å². The summed E-state index contributed by atoms with van der Waals surface area (Å²) in [5.74, 6) is 0.383. The molecule has 0 fully saturated rings. The van der Waals surface area contributed by atoms with Gasteiger partial charge < -0.3 is 10.1 Å². The molecule has 0 aromatic heterocycles. The fourth-order valence-corrected chi connectivity index (χ4v) is 2.20. The molecule has 0 radical (unpaired) electrons. The molecule has 5 heteroatoms. The second-order valence-electron chi connectivity index (χ2n) is 4.57. The molecule has 0 bridgehead atoms. The van der Waals surface area contributed by atoms with Gasteiger partial charge in [-0.2, -0.15) is 0 Å². The van der Waals surface area contributed by atoms with Crippen molar-refractivity contribution in [3.63, 3.8) is 0 Å². The van der Waals surface area contributed by atoms with Crippen molar-refractivity contribution in [2.24, 2.45) is 0 Å². The molecule has 2 aromatic carbocycles. The molecule has 0 spiro atoms. The Morgan fingerprint density at radius 2 is 1.90 bits per heavy atom. The van der Waals surface area contributed by atoms with E-state index in [-0.39, 0.29) is 5.82 Å². The molecular weight excluding hydrogens is 312 g/mol. The standard InChI is InChI=1S/C16H16Cl2FNO/c1-2-20-9-12-8-13(19)4-6-16(12)21-10-11-3-5-14(17)15(18)7-11/h3-8,20H,2,9-10H2,1H3. The van der Waals surface area contributed by atoms with E-state index in [4.69, 9.17) is 27.9 Å². The number of benzene rings is 2. The van der Waals surface area contributed by atoms with Crippen molar-refractivity contribution in [3.05, 3.63) is 63.4 Å². The summed E-state index contributed by atoms with van der Waals surface area (Å²) in [6.07, 6.45) is 0. The maximum Gasteiger partial charge on any atom is 0.124 e. The van der Waals surface area contributed by atoms with Gasteiger partial charge in [0.25, 0.3) is 0 Å². The van der Waals surface area contributed by atoms with Gasteiger partial charge in [0, 0.05) is 12.1 Å². The number of halogens is 3. The Morgan fingerprint density at radius 3 is 2.62 bits per heavy atom. The van der Waals surface area contributed by atoms with Crippen molar-refractivity contribution in [1.82, 2.24) is 5.32 Å². The molecule has 0 aliphatic rings. The van der Waals surface area contributed by atoms with Gasteiger partial charge in [-0.15, -0.1) is 0 Å². The van der Waals surface area contributed by atoms with Gasteiger partial charge in [0.15, 0.2) is 0 Å². The van der Waals surface area contributed by atoms with Gasteiger partial charge in [0.05, 0.1) is 10.0 Å². The molecular formula is C16H16Cl2FNO. The smallest absolute Gasteiger partial charge is 0.124 e. The normalized spacial score (nSPS) is 10.7. The van der Waals surface area contributed by atoms with Crippen LogP contribution in [0.15, 0.2) is 36.4 Å². The maximum atomic E-state index is 13.3. The Hall–Kier alpha value is -1.29. The zero-order valence-corrected chi connectivity index (χ0v) is 13.1. The summed E-state index contributed by atoms with van der Waals surface area (Å²) in [6.45, 7) is 3.71. The van der Waals surface area contributed by atoms with Crippen LogP contribution in [0.3, 0.4) is 0 Å². The van der Waals surface area contributed by atoms with Crippen LogP contribution >= 0.6 is 23.2 Å². The summed E-state index contributed by atoms with van der Waals surface area (Å²) >= 11 is 11.8. The van der Waals surface area contributed by atoms with E-state index in [9.17, 15) is 4.39 Å². The molecule has 0 saturated heterocycles. The Balaban J connectivity index is 2.09. The zero-order chi connectivity index (χ0) is 15.2. The molecule has 2 nitrogen and oxygen atoms in total. The first-order chi connectivity index (χ1) is 10.1. The second kappa shape index (κ2) is 7.64. The minimum atomic E-state index is -0.273. The second-order valence-corrected chi connectivity index (χ2v) is 5.38. The minimum absolute atomic E-state index is 0.273. The summed E-state index contributed by atoms with van der Waals surface area (Å²) in [5.41, 5.74) is 1.69. The number of hydrogen-bond donors (Lipinski definition) is 1. The average molecular weight is 328 g/mol. The lowest BCUT2D eigenvalue weighted by Crippen LogP contribution is -2.13. The average Bonchev–Trinajstić information content (AvgIpc) is 2.47. The first-order valence-corrected chi connectivity index (χ1v) is 7.41. The SMILES string of the molecule is CCNCc1cc(F)ccc1OCc1ccc(Cl)c(Cl)c1. The third kappa shape index (κ3) is 4.60. The van der Waals surface area contributed by atoms with E-state index in [2.05, 4.69) is 5.32 Å². The lowest BCUT2D eigenvalue weighted by molar-refractivity contribution is 0.301. The summed E-state index contributed by atoms with van der Waals surface area (Å²) in [5, 5.41) is 4.16. The number of rotatable bonds is 6. The van der Waals surface area contributed by atoms with Crippen LogP contribution in [0.2, 0.25) is 10.0 Å². The van der Waals surface area contributed by atoms with E-state index in [1.165, 1.54) is 12.1 Å². The Bertz CT molecular complexity index is 619. The molecule has 0 aliphatic carbocycles. The molecule has 2 aromatic rings. The predicted octanol–water partition coefficient (Wildman–Crippen LogP) is 4.82. The van der Waals surface area contributed by atoms with Gasteiger partial charge >= 0.3 is 0 Å². The molecule has 1 N–H and O–H groups in total. The topological polar surface area (TPSA) is 21.3 Å². The van der Waals surface area contributed by atoms with Crippen molar-refractivity contribution in [1.29, 1.82) is 0 Å². The van der Waals surface area contributed by atoms with E-state index in [1.54, 1.807) is 18.2 Å². The lowest BCUT2D eigenvalue weighted by Gasteiger charge is -2.12. The van der Waals surface area contributed by atoms with E-state index < -0.39 is 0 Å². The molecule has 112 valence electrons. The highest BCUT2D eigenvalue weighted by molar-refractivity contribution is 6.42. The van der Waals surface area contributed by atoms with E-state index in [1.807, 2.05) is 13.0 Å². The van der Waals surface area contributed by atoms with Gasteiger partial charge in [-0.25, -0.2) is 4.39 Å². The molecule has 0 saturated carbocycles. The van der Waals surface area contributed by atoms with Crippen molar-refractivity contribution in [2.45, 2.75) is 20.1 Å². The molecule has 0 heterocycles. The van der Waals surface area contributed by atoms with Crippen molar-refractivity contribution < 1.29 is 9.13 Å². The van der Waals surface area contributed by atoms with Crippen LogP contribution < -0.4 is 10.1 Å². The summed E-state index contributed by atoms with van der Waals surface area (Å²) in [7, 11) is 0. The number of nitrogens with one attached hydrogen (secondary N) is 1. The predicted molar refractivity (Wildman–Crippen MR) is 84.6 cm³/mol. The summed E-state index contributed by atoms with van der Waals surface area (Å²) in [4.78, 5) is 0. The van der Waals surface area contributed by atoms with Crippen LogP contribution in [-0.2, 0) is 13.2 Å². The molecule has 0 atom stereocenters. The lowest BCUT2D eigenvalue weighted by atomic mass is 10.2. The summed E-state index contributed by atoms with van der Waals surface area (Å²) in [6, 6.07) is 9.85. The van der Waals surface area contributed by atoms with Gasteiger partial charge in [-0.3, -0.25) is 0 Å². The number of ether oxygens (including phenoxy) is 1. The Morgan fingerprint density at radius 1 is 1.10 bits per heavy atom. The van der Waals surface area contributed by atoms with Crippen molar-refractivity contribution in [2.75, 3.05) is 6.54 Å². The monoisotopic (exact) mass is 327 g/mol. The van der Waals surface area contributed by atoms with E-state index in [0.717, 1.165) is 17.7 Å². The first-order valence-electron chi connectivity index (χ1n) is 6.66. The highest BCUT2D eigenvalue weighted by Crippen LogP contribution is 2.25. The van der Waals surface area contributed by atoms with Crippen LogP contribution in [0.4, 0.5) is 4.39 Å². The quantitative estimate of drug-likeness (QED) is 0.821. The van der Waals surface area contributed by atoms with Crippen LogP contribution in [0.1, 0.15) is 18.1 Å². The summed E-state index contributed by atoms with van der Waals surface area (Å²) < 4.78 is 19.1. The maximum absolute atomic E-state index is 13.3. The van der Waals surface area contributed by atoms with Crippen molar-refractivity contribution >= 4 is 23.2 Å². The third-order valence-electron chi connectivity index (χ3n) is 2.97. The molecule has 0 aliphatic heterocycles. The largest absolute Gasteiger partial charge is 0.489 e. The number of hydrogen-bond acceptors (Lipinski definition) is 2. The Labute approximate surface area is 133 Å². The molecule has 21 heavy (non-hydrogen) atoms. The van der Waals surface area contributed by atoms with E-state index >= 15 is 0 Å². The zero-order valence-electron chi connectivity index (χ0n) is 11.6. The highest BCUT2D eigenvalue weighted by atomic mass is 35.5. The van der Waals surface area contributed by atoms with Gasteiger partial charge in [0.1, 0.15) is 18.2 Å². The van der Waals surface area contributed by atoms with Crippen LogP contribution in [0, 0.1) is 5.82 Å². The third-order valence-corrected chi connectivity index (χ3v) is 3.71. The first kappa shape index (κ1) is 16.1. The van der Waals surface area contributed by atoms with Crippen molar-refractivity contribution in [3.8, 4) is 5.75 Å². The van der Waals surface area contributed by atoms with Crippen LogP contribution in [0.5, 0.6) is 5.75 Å². The minimum Gasteiger partial charge on any atom is -0.489 e. The fourth-order valence-electron chi connectivity index (χ4n) is 1.88. The van der Waals surface area contributed by atoms with Gasteiger partial charge in [-0.05, 0) is 42.4 Å². The fraction of sp³-hybridized carbons (Fsp3) is 0.250. The molecule has 0 amide bonds. The van der Waals surface area contributed by atoms with E-state index in [0.29, 0.717) is 28.9 Å². The molecule has 0 unspecified atom stereocenters. The Kier molecular flexibility index (Phi) is 5.85. The van der Waals surface area contributed by atoms with Gasteiger partial charge in [0.2, 0.25) is 0 Å². The highest BCUT2D eigenvalue weighted by Gasteiger charge is 2.06. The molecule has 2 rings (SSSR count).